The lowest BCUT2D eigenvalue weighted by molar-refractivity contribution is -0.123. The van der Waals surface area contributed by atoms with E-state index in [1.54, 1.807) is 34.9 Å². The molecule has 1 fully saturated rings. The number of anilines is 1. The average Bonchev–Trinajstić information content (AvgIpc) is 3.42. The normalized spacial score (nSPS) is 14.1. The van der Waals surface area contributed by atoms with Gasteiger partial charge >= 0.3 is 0 Å². The monoisotopic (exact) mass is 531 g/mol. The van der Waals surface area contributed by atoms with Crippen molar-refractivity contribution in [2.45, 2.75) is 34.2 Å². The molecule has 0 aliphatic carbocycles. The number of benzene rings is 1. The molecule has 0 saturated carbocycles. The topological polar surface area (TPSA) is 98.6 Å². The fourth-order valence-corrected chi connectivity index (χ4v) is 4.81. The smallest absolute Gasteiger partial charge is 0.272 e. The summed E-state index contributed by atoms with van der Waals surface area (Å²) in [6.07, 6.45) is 0. The molecular formula is C25H30ClN5O4S. The van der Waals surface area contributed by atoms with Gasteiger partial charge in [-0.05, 0) is 25.1 Å². The summed E-state index contributed by atoms with van der Waals surface area (Å²) in [5.74, 6) is 0.380. The van der Waals surface area contributed by atoms with Crippen LogP contribution in [0.3, 0.4) is 0 Å². The molecule has 1 aliphatic rings. The van der Waals surface area contributed by atoms with E-state index >= 15 is 0 Å². The van der Waals surface area contributed by atoms with Crippen molar-refractivity contribution in [3.8, 4) is 16.3 Å². The fourth-order valence-electron chi connectivity index (χ4n) is 3.73. The Balaban J connectivity index is 1.71. The van der Waals surface area contributed by atoms with Crippen LogP contribution < -0.4 is 10.1 Å². The number of morpholine rings is 1. The van der Waals surface area contributed by atoms with E-state index in [0.29, 0.717) is 60.1 Å². The van der Waals surface area contributed by atoms with Crippen molar-refractivity contribution in [3.63, 3.8) is 0 Å². The van der Waals surface area contributed by atoms with Crippen molar-refractivity contribution in [1.82, 2.24) is 19.7 Å². The van der Waals surface area contributed by atoms with Gasteiger partial charge in [-0.2, -0.15) is 5.10 Å². The molecule has 4 rings (SSSR count). The minimum absolute atomic E-state index is 0.117. The molecule has 2 amide bonds. The number of aryl methyl sites for hydroxylation is 1. The number of methoxy groups -OCH3 is 1. The Labute approximate surface area is 219 Å². The molecule has 3 heterocycles. The second kappa shape index (κ2) is 10.6. The first kappa shape index (κ1) is 26.1. The van der Waals surface area contributed by atoms with Crippen LogP contribution in [0.15, 0.2) is 24.3 Å². The predicted molar refractivity (Wildman–Crippen MR) is 140 cm³/mol. The molecule has 3 aromatic rings. The molecule has 1 saturated heterocycles. The predicted octanol–water partition coefficient (Wildman–Crippen LogP) is 4.48. The number of nitrogens with one attached hydrogen (secondary N) is 1. The minimum Gasteiger partial charge on any atom is -0.496 e. The third-order valence-corrected chi connectivity index (χ3v) is 7.13. The van der Waals surface area contributed by atoms with Crippen molar-refractivity contribution in [3.05, 3.63) is 46.2 Å². The maximum Gasteiger partial charge on any atom is 0.272 e. The zero-order valence-corrected chi connectivity index (χ0v) is 22.6. The van der Waals surface area contributed by atoms with E-state index in [9.17, 15) is 9.59 Å². The van der Waals surface area contributed by atoms with Gasteiger partial charge in [0.1, 0.15) is 17.1 Å². The van der Waals surface area contributed by atoms with Crippen LogP contribution in [0.5, 0.6) is 5.75 Å². The highest BCUT2D eigenvalue weighted by atomic mass is 35.5. The summed E-state index contributed by atoms with van der Waals surface area (Å²) in [6, 6.07) is 7.17. The molecule has 192 valence electrons. The van der Waals surface area contributed by atoms with E-state index in [-0.39, 0.29) is 11.8 Å². The molecule has 2 aromatic heterocycles. The van der Waals surface area contributed by atoms with Crippen LogP contribution in [0.2, 0.25) is 5.02 Å². The van der Waals surface area contributed by atoms with Gasteiger partial charge < -0.3 is 19.7 Å². The standard InChI is InChI=1S/C25H30ClN5O4S/c1-15-21(36-24(27-15)28-23(33)25(2,3)4)18-13-19(22(32)30-8-10-35-11-9-30)31(29-18)14-16-6-7-17(26)12-20(16)34-5/h6-7,12-13H,8-11,14H2,1-5H3,(H,27,28,33). The Morgan fingerprint density at radius 1 is 1.22 bits per heavy atom. The molecule has 0 unspecified atom stereocenters. The maximum atomic E-state index is 13.5. The summed E-state index contributed by atoms with van der Waals surface area (Å²) in [5, 5.41) is 8.74. The largest absolute Gasteiger partial charge is 0.496 e. The summed E-state index contributed by atoms with van der Waals surface area (Å²) in [7, 11) is 1.58. The first-order chi connectivity index (χ1) is 17.1. The molecule has 1 aromatic carbocycles. The summed E-state index contributed by atoms with van der Waals surface area (Å²) >= 11 is 7.48. The second-order valence-corrected chi connectivity index (χ2v) is 11.0. The maximum absolute atomic E-state index is 13.5. The number of carbonyl (C=O) groups excluding carboxylic acids is 2. The second-order valence-electron chi connectivity index (χ2n) is 9.57. The molecule has 1 aliphatic heterocycles. The van der Waals surface area contributed by atoms with Gasteiger partial charge in [-0.15, -0.1) is 0 Å². The summed E-state index contributed by atoms with van der Waals surface area (Å²) < 4.78 is 12.6. The van der Waals surface area contributed by atoms with E-state index in [1.165, 1.54) is 11.3 Å². The molecular weight excluding hydrogens is 502 g/mol. The lowest BCUT2D eigenvalue weighted by Crippen LogP contribution is -2.41. The van der Waals surface area contributed by atoms with Crippen LogP contribution in [0.4, 0.5) is 5.13 Å². The number of amides is 2. The molecule has 0 bridgehead atoms. The van der Waals surface area contributed by atoms with E-state index in [1.807, 2.05) is 33.8 Å². The number of nitrogens with zero attached hydrogens (tertiary/aromatic N) is 4. The molecule has 0 radical (unpaired) electrons. The van der Waals surface area contributed by atoms with Gasteiger partial charge in [0.05, 0.1) is 37.4 Å². The highest BCUT2D eigenvalue weighted by molar-refractivity contribution is 7.19. The summed E-state index contributed by atoms with van der Waals surface area (Å²) in [4.78, 5) is 33.0. The van der Waals surface area contributed by atoms with Crippen LogP contribution >= 0.6 is 22.9 Å². The van der Waals surface area contributed by atoms with Gasteiger partial charge in [-0.25, -0.2) is 4.98 Å². The highest BCUT2D eigenvalue weighted by Gasteiger charge is 2.27. The third kappa shape index (κ3) is 5.71. The first-order valence-electron chi connectivity index (χ1n) is 11.6. The minimum atomic E-state index is -0.545. The number of carbonyl (C=O) groups is 2. The van der Waals surface area contributed by atoms with Gasteiger partial charge in [0.15, 0.2) is 5.13 Å². The Kier molecular flexibility index (Phi) is 7.67. The number of thiazole rings is 1. The van der Waals surface area contributed by atoms with Crippen LogP contribution in [-0.2, 0) is 16.1 Å². The molecule has 0 spiro atoms. The molecule has 9 nitrogen and oxygen atoms in total. The number of halogens is 1. The Hall–Kier alpha value is -2.95. The highest BCUT2D eigenvalue weighted by Crippen LogP contribution is 2.34. The van der Waals surface area contributed by atoms with Crippen LogP contribution in [0.25, 0.3) is 10.6 Å². The van der Waals surface area contributed by atoms with Crippen molar-refractivity contribution < 1.29 is 19.1 Å². The van der Waals surface area contributed by atoms with Gasteiger partial charge in [-0.3, -0.25) is 14.3 Å². The fraction of sp³-hybridized carbons (Fsp3) is 0.440. The lowest BCUT2D eigenvalue weighted by Gasteiger charge is -2.27. The van der Waals surface area contributed by atoms with E-state index in [4.69, 9.17) is 26.2 Å². The molecule has 0 atom stereocenters. The van der Waals surface area contributed by atoms with Gasteiger partial charge in [0, 0.05) is 29.1 Å². The molecule has 36 heavy (non-hydrogen) atoms. The number of aromatic nitrogens is 3. The van der Waals surface area contributed by atoms with Gasteiger partial charge in [0.2, 0.25) is 5.91 Å². The first-order valence-corrected chi connectivity index (χ1v) is 12.8. The van der Waals surface area contributed by atoms with Crippen molar-refractivity contribution >= 4 is 39.9 Å². The molecule has 11 heteroatoms. The lowest BCUT2D eigenvalue weighted by atomic mass is 9.96. The SMILES string of the molecule is COc1cc(Cl)ccc1Cn1nc(-c2sc(NC(=O)C(C)(C)C)nc2C)cc1C(=O)N1CCOCC1. The van der Waals surface area contributed by atoms with Gasteiger partial charge in [-0.1, -0.05) is 49.8 Å². The van der Waals surface area contributed by atoms with Crippen molar-refractivity contribution in [2.75, 3.05) is 38.7 Å². The summed E-state index contributed by atoms with van der Waals surface area (Å²) in [5.41, 5.74) is 2.09. The Morgan fingerprint density at radius 2 is 1.94 bits per heavy atom. The zero-order chi connectivity index (χ0) is 26.0. The average molecular weight is 532 g/mol. The number of hydrogen-bond acceptors (Lipinski definition) is 7. The Morgan fingerprint density at radius 3 is 2.61 bits per heavy atom. The van der Waals surface area contributed by atoms with Gasteiger partial charge in [0.25, 0.3) is 5.91 Å². The zero-order valence-electron chi connectivity index (χ0n) is 21.1. The third-order valence-electron chi connectivity index (χ3n) is 5.80. The van der Waals surface area contributed by atoms with Crippen LogP contribution in [-0.4, -0.2) is 64.9 Å². The van der Waals surface area contributed by atoms with Crippen LogP contribution in [0, 0.1) is 12.3 Å². The van der Waals surface area contributed by atoms with Crippen LogP contribution in [0.1, 0.15) is 42.5 Å². The number of rotatable bonds is 6. The number of hydrogen-bond donors (Lipinski definition) is 1. The molecule has 1 N–H and O–H groups in total. The van der Waals surface area contributed by atoms with E-state index < -0.39 is 5.41 Å². The quantitative estimate of drug-likeness (QED) is 0.503. The summed E-state index contributed by atoms with van der Waals surface area (Å²) in [6.45, 7) is 9.77. The van der Waals surface area contributed by atoms with E-state index in [2.05, 4.69) is 10.3 Å². The van der Waals surface area contributed by atoms with E-state index in [0.717, 1.165) is 16.1 Å². The van der Waals surface area contributed by atoms with Crippen molar-refractivity contribution in [1.29, 1.82) is 0 Å². The Bertz CT molecular complexity index is 1270. The number of ether oxygens (including phenoxy) is 2. The van der Waals surface area contributed by atoms with Crippen molar-refractivity contribution in [2.24, 2.45) is 5.41 Å².